The van der Waals surface area contributed by atoms with E-state index in [0.29, 0.717) is 36.1 Å². The lowest BCUT2D eigenvalue weighted by Gasteiger charge is -2.36. The molecule has 2 atom stereocenters. The summed E-state index contributed by atoms with van der Waals surface area (Å²) in [5.74, 6) is -7.25. The fourth-order valence-electron chi connectivity index (χ4n) is 5.09. The average molecular weight is 602 g/mol. The Bertz CT molecular complexity index is 1680. The summed E-state index contributed by atoms with van der Waals surface area (Å²) in [6.07, 6.45) is -2.80. The molecule has 0 bridgehead atoms. The summed E-state index contributed by atoms with van der Waals surface area (Å²) in [4.78, 5) is 26.1. The maximum Gasteiger partial charge on any atom is 0.422 e. The molecule has 0 radical (unpaired) electrons. The minimum absolute atomic E-state index is 0.00501. The van der Waals surface area contributed by atoms with Gasteiger partial charge in [-0.05, 0) is 48.2 Å². The van der Waals surface area contributed by atoms with Gasteiger partial charge in [-0.3, -0.25) is 19.1 Å². The first-order valence-electron chi connectivity index (χ1n) is 12.0. The average Bonchev–Trinajstić information content (AvgIpc) is 3.37. The van der Waals surface area contributed by atoms with Crippen LogP contribution < -0.4 is 15.4 Å². The highest BCUT2D eigenvalue weighted by atomic mass is 32.2. The molecule has 5 rings (SSSR count). The van der Waals surface area contributed by atoms with Gasteiger partial charge in [0.1, 0.15) is 22.9 Å². The summed E-state index contributed by atoms with van der Waals surface area (Å²) < 4.78 is 105. The Labute approximate surface area is 228 Å². The van der Waals surface area contributed by atoms with Crippen LogP contribution in [0.2, 0.25) is 0 Å². The molecule has 218 valence electrons. The standard InChI is InChI=1S/C25H21F6N5O4S/c1-41(32,39)9-18(37)33-21-20(13-7-16(26)19(28)17(27)8-13)35-36-10-24(34-23(38)22(21)36)5-4-12-6-14(2-3-15(12)24)40-11-25(29,30)31/h2-3,6-8,32H,4-5,9-11H2,1H3,(H,33,37)(H,34,38)/t24-,41-/m0/s1. The fraction of sp³-hybridized carbons (Fsp3) is 0.320. The van der Waals surface area contributed by atoms with Crippen LogP contribution in [0.5, 0.6) is 5.75 Å². The zero-order chi connectivity index (χ0) is 29.9. The first-order chi connectivity index (χ1) is 19.1. The zero-order valence-corrected chi connectivity index (χ0v) is 21.9. The van der Waals surface area contributed by atoms with E-state index in [-0.39, 0.29) is 34.9 Å². The van der Waals surface area contributed by atoms with Gasteiger partial charge in [-0.2, -0.15) is 18.3 Å². The summed E-state index contributed by atoms with van der Waals surface area (Å²) in [6.45, 7) is -1.51. The number of benzene rings is 2. The van der Waals surface area contributed by atoms with E-state index in [2.05, 4.69) is 15.7 Å². The molecule has 3 N–H and O–H groups in total. The van der Waals surface area contributed by atoms with Crippen molar-refractivity contribution in [2.75, 3.05) is 23.9 Å². The molecule has 1 aromatic heterocycles. The number of nitrogens with zero attached hydrogens (tertiary/aromatic N) is 2. The second-order valence-electron chi connectivity index (χ2n) is 9.94. The second kappa shape index (κ2) is 9.78. The van der Waals surface area contributed by atoms with Crippen LogP contribution in [-0.4, -0.2) is 50.6 Å². The van der Waals surface area contributed by atoms with E-state index in [1.54, 1.807) is 0 Å². The van der Waals surface area contributed by atoms with E-state index in [0.717, 1.165) is 6.26 Å². The van der Waals surface area contributed by atoms with Gasteiger partial charge >= 0.3 is 6.18 Å². The van der Waals surface area contributed by atoms with E-state index in [4.69, 9.17) is 9.52 Å². The Balaban J connectivity index is 1.56. The van der Waals surface area contributed by atoms with Crippen molar-refractivity contribution in [3.05, 3.63) is 64.6 Å². The molecule has 0 saturated carbocycles. The normalized spacial score (nSPS) is 19.3. The summed E-state index contributed by atoms with van der Waals surface area (Å²) in [5, 5.41) is 9.54. The third-order valence-corrected chi connectivity index (χ3v) is 7.50. The summed E-state index contributed by atoms with van der Waals surface area (Å²) in [5.41, 5.74) is -0.921. The predicted octanol–water partition coefficient (Wildman–Crippen LogP) is 4.11. The molecular weight excluding hydrogens is 580 g/mol. The number of ether oxygens (including phenoxy) is 1. The number of anilines is 1. The van der Waals surface area contributed by atoms with Crippen LogP contribution in [-0.2, 0) is 33.0 Å². The minimum atomic E-state index is -4.52. The van der Waals surface area contributed by atoms with Gasteiger partial charge < -0.3 is 15.4 Å². The number of nitrogens with one attached hydrogen (secondary N) is 3. The minimum Gasteiger partial charge on any atom is -0.484 e. The molecule has 2 aliphatic rings. The van der Waals surface area contributed by atoms with Crippen LogP contribution in [0, 0.1) is 22.2 Å². The molecule has 0 fully saturated rings. The van der Waals surface area contributed by atoms with Gasteiger partial charge in [0.2, 0.25) is 5.91 Å². The lowest BCUT2D eigenvalue weighted by atomic mass is 9.89. The third kappa shape index (κ3) is 5.60. The van der Waals surface area contributed by atoms with Crippen molar-refractivity contribution in [1.29, 1.82) is 4.78 Å². The van der Waals surface area contributed by atoms with Crippen LogP contribution in [0.1, 0.15) is 28.0 Å². The van der Waals surface area contributed by atoms with Crippen LogP contribution in [0.25, 0.3) is 11.3 Å². The number of hydrogen-bond acceptors (Lipinski definition) is 6. The molecule has 2 amide bonds. The number of halogens is 6. The highest BCUT2D eigenvalue weighted by molar-refractivity contribution is 7.92. The topological polar surface area (TPSA) is 126 Å². The molecule has 2 aromatic carbocycles. The molecule has 1 spiro atoms. The molecule has 0 saturated heterocycles. The van der Waals surface area contributed by atoms with E-state index in [1.807, 2.05) is 0 Å². The molecule has 1 aliphatic heterocycles. The van der Waals surface area contributed by atoms with Gasteiger partial charge in [-0.25, -0.2) is 17.4 Å². The summed E-state index contributed by atoms with van der Waals surface area (Å²) in [7, 11) is -3.31. The van der Waals surface area contributed by atoms with Crippen molar-refractivity contribution < 1.29 is 44.9 Å². The number of hydrogen-bond donors (Lipinski definition) is 3. The number of carbonyl (C=O) groups excluding carboxylic acids is 2. The summed E-state index contributed by atoms with van der Waals surface area (Å²) in [6, 6.07) is 5.59. The van der Waals surface area contributed by atoms with E-state index in [9.17, 15) is 40.1 Å². The van der Waals surface area contributed by atoms with Crippen molar-refractivity contribution in [1.82, 2.24) is 15.1 Å². The fourth-order valence-corrected chi connectivity index (χ4v) is 5.67. The van der Waals surface area contributed by atoms with E-state index in [1.165, 1.54) is 22.9 Å². The highest BCUT2D eigenvalue weighted by Crippen LogP contribution is 2.44. The number of alkyl halides is 3. The van der Waals surface area contributed by atoms with Crippen molar-refractivity contribution >= 4 is 27.2 Å². The van der Waals surface area contributed by atoms with Gasteiger partial charge in [0, 0.05) is 11.8 Å². The number of rotatable bonds is 6. The maximum absolute atomic E-state index is 14.1. The maximum atomic E-state index is 14.1. The van der Waals surface area contributed by atoms with E-state index < -0.39 is 63.1 Å². The summed E-state index contributed by atoms with van der Waals surface area (Å²) >= 11 is 0. The monoisotopic (exact) mass is 601 g/mol. The van der Waals surface area contributed by atoms with Crippen LogP contribution in [0.3, 0.4) is 0 Å². The number of amides is 2. The van der Waals surface area contributed by atoms with Gasteiger partial charge in [0.05, 0.1) is 21.8 Å². The molecule has 9 nitrogen and oxygen atoms in total. The lowest BCUT2D eigenvalue weighted by molar-refractivity contribution is -0.153. The number of fused-ring (bicyclic) bond motifs is 3. The molecule has 41 heavy (non-hydrogen) atoms. The Morgan fingerprint density at radius 1 is 1.22 bits per heavy atom. The Kier molecular flexibility index (Phi) is 6.79. The molecular formula is C25H21F6N5O4S. The van der Waals surface area contributed by atoms with Crippen molar-refractivity contribution in [3.63, 3.8) is 0 Å². The molecule has 0 unspecified atom stereocenters. The first-order valence-corrected chi connectivity index (χ1v) is 14.1. The number of aromatic nitrogens is 2. The largest absolute Gasteiger partial charge is 0.484 e. The molecule has 1 aliphatic carbocycles. The Morgan fingerprint density at radius 2 is 1.90 bits per heavy atom. The smallest absolute Gasteiger partial charge is 0.422 e. The molecule has 3 aromatic rings. The van der Waals surface area contributed by atoms with Gasteiger partial charge in [0.25, 0.3) is 5.91 Å². The third-order valence-electron chi connectivity index (χ3n) is 6.68. The number of carbonyl (C=O) groups is 2. The van der Waals surface area contributed by atoms with Gasteiger partial charge in [-0.15, -0.1) is 0 Å². The molecule has 16 heteroatoms. The second-order valence-corrected chi connectivity index (χ2v) is 12.2. The SMILES string of the molecule is C[S@](=N)(=O)CC(=O)Nc1c(-c2cc(F)c(F)c(F)c2)nn2c1C(=O)N[C@@]1(CCc3cc(OCC(F)(F)F)ccc31)C2. The van der Waals surface area contributed by atoms with Gasteiger partial charge in [-0.1, -0.05) is 6.07 Å². The highest BCUT2D eigenvalue weighted by Gasteiger charge is 2.46. The van der Waals surface area contributed by atoms with Crippen molar-refractivity contribution in [2.24, 2.45) is 0 Å². The molecule has 2 heterocycles. The van der Waals surface area contributed by atoms with Gasteiger partial charge in [0.15, 0.2) is 29.8 Å². The van der Waals surface area contributed by atoms with Crippen LogP contribution >= 0.6 is 0 Å². The quantitative estimate of drug-likeness (QED) is 0.290. The Hall–Kier alpha value is -4.08. The lowest BCUT2D eigenvalue weighted by Crippen LogP contribution is -2.52. The number of aryl methyl sites for hydroxylation is 1. The Morgan fingerprint density at radius 3 is 2.54 bits per heavy atom. The van der Waals surface area contributed by atoms with E-state index >= 15 is 0 Å². The first kappa shape index (κ1) is 28.4. The van der Waals surface area contributed by atoms with Crippen LogP contribution in [0.15, 0.2) is 30.3 Å². The van der Waals surface area contributed by atoms with Crippen molar-refractivity contribution in [3.8, 4) is 17.0 Å². The van der Waals surface area contributed by atoms with Crippen molar-refractivity contribution in [2.45, 2.75) is 31.1 Å². The zero-order valence-electron chi connectivity index (χ0n) is 21.1. The predicted molar refractivity (Wildman–Crippen MR) is 133 cm³/mol. The van der Waals surface area contributed by atoms with Crippen LogP contribution in [0.4, 0.5) is 32.0 Å².